The first-order chi connectivity index (χ1) is 11.4. The Balaban J connectivity index is 1.78. The number of fused-ring (bicyclic) bond motifs is 3. The average molecular weight is 317 g/mol. The largest absolute Gasteiger partial charge is 0.323 e. The standard InChI is InChI=1S/C17H11N5S/c1-2-6-14(21-8-3-4-9-21)12(5-1)15-19-16-13-7-10-23-17(13)18-11-22(16)20-15/h1-11H. The molecule has 1 aromatic carbocycles. The van der Waals surface area contributed by atoms with Gasteiger partial charge in [0.2, 0.25) is 0 Å². The van der Waals surface area contributed by atoms with Crippen LogP contribution in [0.5, 0.6) is 0 Å². The molecule has 0 fully saturated rings. The molecule has 0 N–H and O–H groups in total. The molecule has 5 nitrogen and oxygen atoms in total. The summed E-state index contributed by atoms with van der Waals surface area (Å²) in [7, 11) is 0. The van der Waals surface area contributed by atoms with Gasteiger partial charge in [-0.25, -0.2) is 14.5 Å². The second-order valence-electron chi connectivity index (χ2n) is 5.20. The van der Waals surface area contributed by atoms with Crippen molar-refractivity contribution in [2.24, 2.45) is 0 Å². The number of thiophene rings is 1. The lowest BCUT2D eigenvalue weighted by Gasteiger charge is -2.07. The molecule has 5 rings (SSSR count). The van der Waals surface area contributed by atoms with E-state index >= 15 is 0 Å². The molecule has 0 amide bonds. The maximum absolute atomic E-state index is 4.76. The molecule has 0 aliphatic carbocycles. The lowest BCUT2D eigenvalue weighted by molar-refractivity contribution is 0.938. The summed E-state index contributed by atoms with van der Waals surface area (Å²) >= 11 is 1.61. The first-order valence-electron chi connectivity index (χ1n) is 7.21. The molecule has 0 saturated carbocycles. The topological polar surface area (TPSA) is 48.0 Å². The Morgan fingerprint density at radius 3 is 2.74 bits per heavy atom. The van der Waals surface area contributed by atoms with Crippen molar-refractivity contribution in [3.63, 3.8) is 0 Å². The van der Waals surface area contributed by atoms with Gasteiger partial charge in [-0.1, -0.05) is 12.1 Å². The van der Waals surface area contributed by atoms with Crippen LogP contribution >= 0.6 is 11.3 Å². The Morgan fingerprint density at radius 1 is 0.957 bits per heavy atom. The molecular formula is C17H11N5S. The van der Waals surface area contributed by atoms with E-state index in [1.54, 1.807) is 22.2 Å². The normalized spacial score (nSPS) is 11.5. The molecular weight excluding hydrogens is 306 g/mol. The van der Waals surface area contributed by atoms with Crippen LogP contribution < -0.4 is 0 Å². The van der Waals surface area contributed by atoms with E-state index in [-0.39, 0.29) is 0 Å². The summed E-state index contributed by atoms with van der Waals surface area (Å²) in [6.45, 7) is 0. The highest BCUT2D eigenvalue weighted by Gasteiger charge is 2.14. The van der Waals surface area contributed by atoms with Crippen LogP contribution in [-0.4, -0.2) is 24.1 Å². The molecule has 0 bridgehead atoms. The van der Waals surface area contributed by atoms with Crippen LogP contribution in [0.25, 0.3) is 32.9 Å². The fourth-order valence-corrected chi connectivity index (χ4v) is 3.49. The lowest BCUT2D eigenvalue weighted by Crippen LogP contribution is -1.95. The Hall–Kier alpha value is -2.99. The SMILES string of the molecule is c1ccc(-n2cccc2)c(-c2nc3c4ccsc4ncn3n2)c1. The number of aromatic nitrogens is 5. The molecule has 0 radical (unpaired) electrons. The number of hydrogen-bond acceptors (Lipinski definition) is 4. The van der Waals surface area contributed by atoms with E-state index in [2.05, 4.69) is 20.7 Å². The lowest BCUT2D eigenvalue weighted by atomic mass is 10.1. The van der Waals surface area contributed by atoms with Gasteiger partial charge in [0.15, 0.2) is 11.5 Å². The third-order valence-corrected chi connectivity index (χ3v) is 4.65. The van der Waals surface area contributed by atoms with E-state index in [1.807, 2.05) is 54.2 Å². The molecule has 4 aromatic heterocycles. The molecule has 6 heteroatoms. The van der Waals surface area contributed by atoms with Crippen molar-refractivity contribution in [2.45, 2.75) is 0 Å². The summed E-state index contributed by atoms with van der Waals surface area (Å²) in [6, 6.07) is 14.2. The van der Waals surface area contributed by atoms with Gasteiger partial charge in [0.25, 0.3) is 0 Å². The van der Waals surface area contributed by atoms with Gasteiger partial charge in [0, 0.05) is 18.0 Å². The molecule has 0 aliphatic heterocycles. The van der Waals surface area contributed by atoms with Gasteiger partial charge in [-0.15, -0.1) is 16.4 Å². The first kappa shape index (κ1) is 12.5. The van der Waals surface area contributed by atoms with Crippen LogP contribution in [0.2, 0.25) is 0 Å². The summed E-state index contributed by atoms with van der Waals surface area (Å²) in [5, 5.41) is 7.68. The van der Waals surface area contributed by atoms with Crippen LogP contribution in [0.15, 0.2) is 66.6 Å². The highest BCUT2D eigenvalue weighted by Crippen LogP contribution is 2.27. The second kappa shape index (κ2) is 4.76. The van der Waals surface area contributed by atoms with E-state index in [9.17, 15) is 0 Å². The van der Waals surface area contributed by atoms with Crippen molar-refractivity contribution < 1.29 is 0 Å². The van der Waals surface area contributed by atoms with Crippen LogP contribution in [0, 0.1) is 0 Å². The minimum Gasteiger partial charge on any atom is -0.323 e. The van der Waals surface area contributed by atoms with Crippen LogP contribution in [0.1, 0.15) is 0 Å². The molecule has 0 atom stereocenters. The average Bonchev–Trinajstić information content (AvgIpc) is 3.32. The molecule has 4 heterocycles. The quantitative estimate of drug-likeness (QED) is 0.497. The Kier molecular flexibility index (Phi) is 2.59. The fraction of sp³-hybridized carbons (Fsp3) is 0. The zero-order valence-corrected chi connectivity index (χ0v) is 12.8. The Bertz CT molecular complexity index is 1120. The van der Waals surface area contributed by atoms with E-state index < -0.39 is 0 Å². The number of para-hydroxylation sites is 1. The molecule has 0 aliphatic rings. The van der Waals surface area contributed by atoms with Crippen molar-refractivity contribution in [1.82, 2.24) is 24.1 Å². The van der Waals surface area contributed by atoms with Gasteiger partial charge >= 0.3 is 0 Å². The van der Waals surface area contributed by atoms with Crippen molar-refractivity contribution in [1.29, 1.82) is 0 Å². The van der Waals surface area contributed by atoms with Gasteiger partial charge in [0.05, 0.1) is 11.1 Å². The van der Waals surface area contributed by atoms with Crippen molar-refractivity contribution in [3.05, 3.63) is 66.6 Å². The van der Waals surface area contributed by atoms with Gasteiger partial charge in [-0.05, 0) is 35.7 Å². The molecule has 0 spiro atoms. The maximum atomic E-state index is 4.76. The first-order valence-corrected chi connectivity index (χ1v) is 8.09. The smallest absolute Gasteiger partial charge is 0.184 e. The van der Waals surface area contributed by atoms with Crippen LogP contribution in [0.3, 0.4) is 0 Å². The second-order valence-corrected chi connectivity index (χ2v) is 6.09. The predicted octanol–water partition coefficient (Wildman–Crippen LogP) is 3.80. The number of benzene rings is 1. The summed E-state index contributed by atoms with van der Waals surface area (Å²) in [5.74, 6) is 0.704. The van der Waals surface area contributed by atoms with E-state index in [0.29, 0.717) is 5.82 Å². The summed E-state index contributed by atoms with van der Waals surface area (Å²) in [5.41, 5.74) is 2.90. The highest BCUT2D eigenvalue weighted by molar-refractivity contribution is 7.16. The molecule has 0 saturated heterocycles. The monoisotopic (exact) mass is 317 g/mol. The van der Waals surface area contributed by atoms with Crippen molar-refractivity contribution in [3.8, 4) is 17.1 Å². The zero-order chi connectivity index (χ0) is 15.2. The molecule has 5 aromatic rings. The summed E-state index contributed by atoms with van der Waals surface area (Å²) < 4.78 is 3.82. The number of nitrogens with zero attached hydrogens (tertiary/aromatic N) is 5. The van der Waals surface area contributed by atoms with E-state index in [4.69, 9.17) is 4.98 Å². The Morgan fingerprint density at radius 2 is 1.83 bits per heavy atom. The zero-order valence-electron chi connectivity index (χ0n) is 12.0. The van der Waals surface area contributed by atoms with Crippen molar-refractivity contribution >= 4 is 27.2 Å². The Labute approximate surface area is 135 Å². The van der Waals surface area contributed by atoms with Gasteiger partial charge in [0.1, 0.15) is 11.2 Å². The van der Waals surface area contributed by atoms with Crippen LogP contribution in [0.4, 0.5) is 0 Å². The van der Waals surface area contributed by atoms with Gasteiger partial charge in [-0.3, -0.25) is 0 Å². The fourth-order valence-electron chi connectivity index (χ4n) is 2.76. The maximum Gasteiger partial charge on any atom is 0.184 e. The van der Waals surface area contributed by atoms with E-state index in [0.717, 1.165) is 27.1 Å². The minimum atomic E-state index is 0.704. The van der Waals surface area contributed by atoms with Crippen LogP contribution in [-0.2, 0) is 0 Å². The van der Waals surface area contributed by atoms with E-state index in [1.165, 1.54) is 0 Å². The molecule has 0 unspecified atom stereocenters. The summed E-state index contributed by atoms with van der Waals surface area (Å²) in [4.78, 5) is 10.2. The number of hydrogen-bond donors (Lipinski definition) is 0. The summed E-state index contributed by atoms with van der Waals surface area (Å²) in [6.07, 6.45) is 5.77. The van der Waals surface area contributed by atoms with Crippen molar-refractivity contribution in [2.75, 3.05) is 0 Å². The molecule has 110 valence electrons. The predicted molar refractivity (Wildman–Crippen MR) is 90.9 cm³/mol. The third kappa shape index (κ3) is 1.89. The highest BCUT2D eigenvalue weighted by atomic mass is 32.1. The minimum absolute atomic E-state index is 0.704. The third-order valence-electron chi connectivity index (χ3n) is 3.83. The molecule has 23 heavy (non-hydrogen) atoms. The van der Waals surface area contributed by atoms with Gasteiger partial charge in [-0.2, -0.15) is 0 Å². The number of rotatable bonds is 2. The van der Waals surface area contributed by atoms with Gasteiger partial charge < -0.3 is 4.57 Å².